The van der Waals surface area contributed by atoms with E-state index in [0.29, 0.717) is 19.6 Å². The summed E-state index contributed by atoms with van der Waals surface area (Å²) >= 11 is 0. The fourth-order valence-electron chi connectivity index (χ4n) is 1.80. The Morgan fingerprint density at radius 1 is 1.15 bits per heavy atom. The number of benzene rings is 1. The molecule has 0 saturated heterocycles. The molecule has 0 aromatic heterocycles. The van der Waals surface area contributed by atoms with Gasteiger partial charge >= 0.3 is 5.97 Å². The summed E-state index contributed by atoms with van der Waals surface area (Å²) in [6.07, 6.45) is 0.402. The minimum Gasteiger partial charge on any atom is -0.493 e. The molecular weight excluding hydrogens is 258 g/mol. The molecule has 5 nitrogen and oxygen atoms in total. The van der Waals surface area contributed by atoms with Gasteiger partial charge in [-0.15, -0.1) is 0 Å². The van der Waals surface area contributed by atoms with E-state index >= 15 is 0 Å². The van der Waals surface area contributed by atoms with E-state index in [1.807, 2.05) is 24.3 Å². The zero-order valence-corrected chi connectivity index (χ0v) is 12.4. The lowest BCUT2D eigenvalue weighted by Crippen LogP contribution is -2.30. The zero-order valence-electron chi connectivity index (χ0n) is 12.4. The van der Waals surface area contributed by atoms with Gasteiger partial charge in [0, 0.05) is 13.1 Å². The van der Waals surface area contributed by atoms with Gasteiger partial charge < -0.3 is 14.2 Å². The van der Waals surface area contributed by atoms with Gasteiger partial charge in [0.15, 0.2) is 11.5 Å². The molecule has 0 atom stereocenters. The largest absolute Gasteiger partial charge is 0.493 e. The summed E-state index contributed by atoms with van der Waals surface area (Å²) in [5, 5.41) is 0. The van der Waals surface area contributed by atoms with Gasteiger partial charge in [-0.05, 0) is 18.7 Å². The number of para-hydroxylation sites is 2. The Kier molecular flexibility index (Phi) is 7.50. The van der Waals surface area contributed by atoms with Crippen LogP contribution in [-0.2, 0) is 9.53 Å². The number of carbonyl (C=O) groups excluding carboxylic acids is 1. The number of ether oxygens (including phenoxy) is 3. The molecule has 0 saturated carbocycles. The van der Waals surface area contributed by atoms with Crippen molar-refractivity contribution in [2.75, 3.05) is 40.5 Å². The number of carbonyl (C=O) groups is 1. The second-order valence-electron chi connectivity index (χ2n) is 4.26. The Morgan fingerprint density at radius 2 is 1.85 bits per heavy atom. The molecule has 0 bridgehead atoms. The molecule has 0 radical (unpaired) electrons. The molecule has 0 unspecified atom stereocenters. The average molecular weight is 281 g/mol. The van der Waals surface area contributed by atoms with Crippen molar-refractivity contribution in [2.24, 2.45) is 0 Å². The van der Waals surface area contributed by atoms with Gasteiger partial charge in [0.1, 0.15) is 6.61 Å². The third kappa shape index (κ3) is 5.48. The first-order valence-electron chi connectivity index (χ1n) is 6.76. The van der Waals surface area contributed by atoms with E-state index in [0.717, 1.165) is 24.6 Å². The fraction of sp³-hybridized carbons (Fsp3) is 0.533. The molecule has 112 valence electrons. The van der Waals surface area contributed by atoms with Crippen LogP contribution in [0.2, 0.25) is 0 Å². The molecule has 0 N–H and O–H groups in total. The smallest absolute Gasteiger partial charge is 0.306 e. The summed E-state index contributed by atoms with van der Waals surface area (Å²) in [4.78, 5) is 13.3. The highest BCUT2D eigenvalue weighted by Crippen LogP contribution is 2.25. The van der Waals surface area contributed by atoms with Crippen LogP contribution in [0.1, 0.15) is 13.3 Å². The first kappa shape index (κ1) is 16.3. The Morgan fingerprint density at radius 3 is 2.45 bits per heavy atom. The van der Waals surface area contributed by atoms with E-state index in [9.17, 15) is 4.79 Å². The fourth-order valence-corrected chi connectivity index (χ4v) is 1.80. The molecule has 0 aliphatic heterocycles. The summed E-state index contributed by atoms with van der Waals surface area (Å²) in [6.45, 7) is 4.91. The van der Waals surface area contributed by atoms with Crippen molar-refractivity contribution in [2.45, 2.75) is 13.3 Å². The third-order valence-corrected chi connectivity index (χ3v) is 3.04. The molecule has 0 fully saturated rings. The van der Waals surface area contributed by atoms with Gasteiger partial charge in [0.05, 0.1) is 20.6 Å². The van der Waals surface area contributed by atoms with E-state index in [2.05, 4.69) is 16.6 Å². The normalized spacial score (nSPS) is 10.4. The van der Waals surface area contributed by atoms with Crippen molar-refractivity contribution in [1.29, 1.82) is 0 Å². The van der Waals surface area contributed by atoms with Crippen LogP contribution in [0.15, 0.2) is 24.3 Å². The summed E-state index contributed by atoms with van der Waals surface area (Å²) in [5.74, 6) is 1.28. The number of esters is 1. The average Bonchev–Trinajstić information content (AvgIpc) is 2.50. The zero-order chi connectivity index (χ0) is 14.8. The predicted octanol–water partition coefficient (Wildman–Crippen LogP) is 1.96. The molecule has 0 amide bonds. The van der Waals surface area contributed by atoms with Crippen LogP contribution in [0.5, 0.6) is 11.5 Å². The van der Waals surface area contributed by atoms with Crippen LogP contribution in [0.4, 0.5) is 0 Å². The molecule has 1 rings (SSSR count). The lowest BCUT2D eigenvalue weighted by atomic mass is 10.3. The van der Waals surface area contributed by atoms with Gasteiger partial charge in [-0.25, -0.2) is 0 Å². The number of methoxy groups -OCH3 is 2. The minimum atomic E-state index is -0.186. The first-order valence-corrected chi connectivity index (χ1v) is 6.76. The van der Waals surface area contributed by atoms with Crippen LogP contribution in [0, 0.1) is 0 Å². The van der Waals surface area contributed by atoms with E-state index < -0.39 is 0 Å². The maximum atomic E-state index is 11.1. The Labute approximate surface area is 120 Å². The van der Waals surface area contributed by atoms with Crippen molar-refractivity contribution >= 4 is 5.97 Å². The summed E-state index contributed by atoms with van der Waals surface area (Å²) in [5.41, 5.74) is 0. The van der Waals surface area contributed by atoms with E-state index in [1.54, 1.807) is 7.11 Å². The van der Waals surface area contributed by atoms with E-state index in [1.165, 1.54) is 7.11 Å². The highest BCUT2D eigenvalue weighted by molar-refractivity contribution is 5.69. The van der Waals surface area contributed by atoms with Crippen molar-refractivity contribution < 1.29 is 19.0 Å². The molecule has 0 heterocycles. The molecule has 1 aromatic rings. The monoisotopic (exact) mass is 281 g/mol. The predicted molar refractivity (Wildman–Crippen MR) is 77.2 cm³/mol. The van der Waals surface area contributed by atoms with Gasteiger partial charge in [0.2, 0.25) is 0 Å². The second-order valence-corrected chi connectivity index (χ2v) is 4.26. The first-order chi connectivity index (χ1) is 9.71. The number of hydrogen-bond acceptors (Lipinski definition) is 5. The maximum absolute atomic E-state index is 11.1. The Hall–Kier alpha value is -1.75. The van der Waals surface area contributed by atoms with Gasteiger partial charge in [-0.3, -0.25) is 9.69 Å². The van der Waals surface area contributed by atoms with Crippen molar-refractivity contribution in [3.63, 3.8) is 0 Å². The SMILES string of the molecule is CCN(CCOc1ccccc1OC)CCC(=O)OC. The summed E-state index contributed by atoms with van der Waals surface area (Å²) < 4.78 is 15.6. The van der Waals surface area contributed by atoms with E-state index in [4.69, 9.17) is 9.47 Å². The Balaban J connectivity index is 2.35. The Bertz CT molecular complexity index is 409. The second kappa shape index (κ2) is 9.20. The standard InChI is InChI=1S/C15H23NO4/c1-4-16(10-9-15(17)19-3)11-12-20-14-8-6-5-7-13(14)18-2/h5-8H,4,9-12H2,1-3H3. The molecule has 0 aliphatic carbocycles. The number of likely N-dealkylation sites (N-methyl/N-ethyl adjacent to an activating group) is 1. The van der Waals surface area contributed by atoms with E-state index in [-0.39, 0.29) is 5.97 Å². The van der Waals surface area contributed by atoms with Crippen molar-refractivity contribution in [3.05, 3.63) is 24.3 Å². The van der Waals surface area contributed by atoms with Gasteiger partial charge in [0.25, 0.3) is 0 Å². The lowest BCUT2D eigenvalue weighted by molar-refractivity contribution is -0.141. The summed E-state index contributed by atoms with van der Waals surface area (Å²) in [7, 11) is 3.03. The van der Waals surface area contributed by atoms with Crippen molar-refractivity contribution in [1.82, 2.24) is 4.90 Å². The quantitative estimate of drug-likeness (QED) is 0.648. The minimum absolute atomic E-state index is 0.186. The highest BCUT2D eigenvalue weighted by Gasteiger charge is 2.08. The van der Waals surface area contributed by atoms with Gasteiger partial charge in [-0.1, -0.05) is 19.1 Å². The molecule has 1 aromatic carbocycles. The van der Waals surface area contributed by atoms with Crippen LogP contribution < -0.4 is 9.47 Å². The summed E-state index contributed by atoms with van der Waals surface area (Å²) in [6, 6.07) is 7.56. The highest BCUT2D eigenvalue weighted by atomic mass is 16.5. The third-order valence-electron chi connectivity index (χ3n) is 3.04. The number of hydrogen-bond donors (Lipinski definition) is 0. The van der Waals surface area contributed by atoms with Crippen LogP contribution in [0.3, 0.4) is 0 Å². The molecule has 0 aliphatic rings. The van der Waals surface area contributed by atoms with Gasteiger partial charge in [-0.2, -0.15) is 0 Å². The molecule has 0 spiro atoms. The van der Waals surface area contributed by atoms with Crippen LogP contribution in [0.25, 0.3) is 0 Å². The molecule has 20 heavy (non-hydrogen) atoms. The maximum Gasteiger partial charge on any atom is 0.306 e. The van der Waals surface area contributed by atoms with Crippen molar-refractivity contribution in [3.8, 4) is 11.5 Å². The molecule has 5 heteroatoms. The number of rotatable bonds is 9. The van der Waals surface area contributed by atoms with Crippen LogP contribution >= 0.6 is 0 Å². The van der Waals surface area contributed by atoms with Crippen LogP contribution in [-0.4, -0.2) is 51.3 Å². The lowest BCUT2D eigenvalue weighted by Gasteiger charge is -2.20. The topological polar surface area (TPSA) is 48.0 Å². The number of nitrogens with zero attached hydrogens (tertiary/aromatic N) is 1. The molecular formula is C15H23NO4.